The van der Waals surface area contributed by atoms with Gasteiger partial charge in [-0.3, -0.25) is 9.98 Å². The van der Waals surface area contributed by atoms with Crippen LogP contribution in [-0.2, 0) is 6.16 Å². The number of rotatable bonds is 7. The highest BCUT2D eigenvalue weighted by Gasteiger charge is 2.34. The molecular weight excluding hydrogens is 486 g/mol. The van der Waals surface area contributed by atoms with E-state index in [1.54, 1.807) is 0 Å². The summed E-state index contributed by atoms with van der Waals surface area (Å²) in [5.41, 5.74) is 3.07. The van der Waals surface area contributed by atoms with Gasteiger partial charge in [-0.15, -0.1) is 0 Å². The summed E-state index contributed by atoms with van der Waals surface area (Å²) in [5.74, 6) is 0. The Bertz CT molecular complexity index is 1270. The SMILES string of the molecule is CC(C)(C)P(Cc1cccc(C=Nc2ccccc2P(c2ccccc2)c2ccccc2)n1)C(C)(C)C. The summed E-state index contributed by atoms with van der Waals surface area (Å²) in [4.78, 5) is 10.0. The molecule has 2 nitrogen and oxygen atoms in total. The molecule has 0 aliphatic heterocycles. The van der Waals surface area contributed by atoms with E-state index in [1.807, 2.05) is 6.21 Å². The maximum absolute atomic E-state index is 5.02. The van der Waals surface area contributed by atoms with Crippen LogP contribution in [0.15, 0.2) is 108 Å². The van der Waals surface area contributed by atoms with Gasteiger partial charge < -0.3 is 0 Å². The molecule has 0 aliphatic carbocycles. The van der Waals surface area contributed by atoms with E-state index < -0.39 is 7.92 Å². The Balaban J connectivity index is 1.67. The summed E-state index contributed by atoms with van der Waals surface area (Å²) < 4.78 is 0. The van der Waals surface area contributed by atoms with Crippen LogP contribution in [0, 0.1) is 0 Å². The number of hydrogen-bond acceptors (Lipinski definition) is 2. The van der Waals surface area contributed by atoms with Crippen molar-refractivity contribution in [3.63, 3.8) is 0 Å². The fraction of sp³-hybridized carbons (Fsp3) is 0.273. The highest BCUT2D eigenvalue weighted by molar-refractivity contribution is 7.80. The highest BCUT2D eigenvalue weighted by atomic mass is 31.1. The second-order valence-electron chi connectivity index (χ2n) is 11.2. The lowest BCUT2D eigenvalue weighted by Gasteiger charge is -2.41. The Morgan fingerprint density at radius 2 is 1.19 bits per heavy atom. The van der Waals surface area contributed by atoms with E-state index in [0.717, 1.165) is 23.2 Å². The van der Waals surface area contributed by atoms with Gasteiger partial charge in [0.05, 0.1) is 17.6 Å². The number of para-hydroxylation sites is 1. The van der Waals surface area contributed by atoms with Gasteiger partial charge in [0.25, 0.3) is 0 Å². The first-order chi connectivity index (χ1) is 17.6. The van der Waals surface area contributed by atoms with Gasteiger partial charge in [-0.05, 0) is 47.0 Å². The van der Waals surface area contributed by atoms with Gasteiger partial charge in [-0.25, -0.2) is 0 Å². The maximum Gasteiger partial charge on any atom is 0.0816 e. The van der Waals surface area contributed by atoms with Gasteiger partial charge in [0.15, 0.2) is 0 Å². The number of hydrogen-bond donors (Lipinski definition) is 0. The molecule has 0 aliphatic rings. The molecule has 0 saturated heterocycles. The second-order valence-corrected chi connectivity index (χ2v) is 17.3. The summed E-state index contributed by atoms with van der Waals surface area (Å²) in [6.45, 7) is 14.2. The lowest BCUT2D eigenvalue weighted by molar-refractivity contribution is 0.701. The third-order valence-electron chi connectivity index (χ3n) is 6.26. The van der Waals surface area contributed by atoms with Crippen molar-refractivity contribution in [2.75, 3.05) is 0 Å². The van der Waals surface area contributed by atoms with E-state index in [4.69, 9.17) is 9.98 Å². The average Bonchev–Trinajstić information content (AvgIpc) is 2.87. The number of pyridine rings is 1. The molecule has 37 heavy (non-hydrogen) atoms. The molecule has 4 aromatic rings. The Kier molecular flexibility index (Phi) is 8.74. The normalized spacial score (nSPS) is 12.5. The van der Waals surface area contributed by atoms with E-state index in [9.17, 15) is 0 Å². The van der Waals surface area contributed by atoms with Crippen LogP contribution in [0.5, 0.6) is 0 Å². The summed E-state index contributed by atoms with van der Waals surface area (Å²) in [5, 5.41) is 4.44. The molecule has 0 unspecified atom stereocenters. The molecule has 4 rings (SSSR count). The third kappa shape index (κ3) is 7.22. The topological polar surface area (TPSA) is 25.2 Å². The first kappa shape index (κ1) is 27.4. The first-order valence-electron chi connectivity index (χ1n) is 12.9. The molecule has 3 aromatic carbocycles. The zero-order chi connectivity index (χ0) is 26.5. The van der Waals surface area contributed by atoms with Crippen LogP contribution in [0.3, 0.4) is 0 Å². The van der Waals surface area contributed by atoms with E-state index in [2.05, 4.69) is 145 Å². The third-order valence-corrected chi connectivity index (χ3v) is 12.6. The van der Waals surface area contributed by atoms with Crippen LogP contribution < -0.4 is 15.9 Å². The van der Waals surface area contributed by atoms with Crippen LogP contribution in [0.1, 0.15) is 52.9 Å². The van der Waals surface area contributed by atoms with Gasteiger partial charge >= 0.3 is 0 Å². The molecule has 0 amide bonds. The summed E-state index contributed by atoms with van der Waals surface area (Å²) >= 11 is 0. The van der Waals surface area contributed by atoms with Gasteiger partial charge in [0, 0.05) is 17.2 Å². The van der Waals surface area contributed by atoms with E-state index >= 15 is 0 Å². The van der Waals surface area contributed by atoms with Gasteiger partial charge in [-0.2, -0.15) is 0 Å². The Morgan fingerprint density at radius 1 is 0.649 bits per heavy atom. The monoisotopic (exact) mass is 524 g/mol. The van der Waals surface area contributed by atoms with Crippen molar-refractivity contribution < 1.29 is 0 Å². The molecular formula is C33H38N2P2. The molecule has 0 saturated carbocycles. The predicted molar refractivity (Wildman–Crippen MR) is 167 cm³/mol. The minimum atomic E-state index is -0.723. The van der Waals surface area contributed by atoms with Gasteiger partial charge in [0.1, 0.15) is 0 Å². The number of aliphatic imine (C=N–C) groups is 1. The minimum absolute atomic E-state index is 0.254. The quantitative estimate of drug-likeness (QED) is 0.177. The molecule has 1 aromatic heterocycles. The summed E-state index contributed by atoms with van der Waals surface area (Å²) in [6.07, 6.45) is 2.95. The Morgan fingerprint density at radius 3 is 1.76 bits per heavy atom. The summed E-state index contributed by atoms with van der Waals surface area (Å²) in [6, 6.07) is 36.5. The van der Waals surface area contributed by atoms with Crippen LogP contribution in [-0.4, -0.2) is 21.5 Å². The van der Waals surface area contributed by atoms with Crippen molar-refractivity contribution >= 4 is 43.7 Å². The lowest BCUT2D eigenvalue weighted by atomic mass is 10.2. The largest absolute Gasteiger partial charge is 0.254 e. The van der Waals surface area contributed by atoms with Crippen LogP contribution in [0.25, 0.3) is 0 Å². The maximum atomic E-state index is 5.02. The smallest absolute Gasteiger partial charge is 0.0816 e. The second kappa shape index (κ2) is 11.8. The van der Waals surface area contributed by atoms with E-state index in [1.165, 1.54) is 15.9 Å². The molecule has 0 fully saturated rings. The van der Waals surface area contributed by atoms with Crippen molar-refractivity contribution in [1.29, 1.82) is 0 Å². The molecule has 0 atom stereocenters. The van der Waals surface area contributed by atoms with E-state index in [0.29, 0.717) is 0 Å². The first-order valence-corrected chi connectivity index (χ1v) is 15.8. The highest BCUT2D eigenvalue weighted by Crippen LogP contribution is 2.61. The fourth-order valence-electron chi connectivity index (χ4n) is 4.78. The van der Waals surface area contributed by atoms with Crippen molar-refractivity contribution in [3.8, 4) is 0 Å². The van der Waals surface area contributed by atoms with Crippen molar-refractivity contribution in [3.05, 3.63) is 115 Å². The van der Waals surface area contributed by atoms with Crippen molar-refractivity contribution in [1.82, 2.24) is 4.98 Å². The van der Waals surface area contributed by atoms with Gasteiger partial charge in [0.2, 0.25) is 0 Å². The predicted octanol–water partition coefficient (Wildman–Crippen LogP) is 8.17. The standard InChI is InChI=1S/C33H38N2P2/c1-32(2,3)36(33(4,5)6)25-27-17-15-16-26(35-27)24-34-30-22-13-14-23-31(30)37(28-18-9-7-10-19-28)29-20-11-8-12-21-29/h7-24H,25H2,1-6H3. The zero-order valence-electron chi connectivity index (χ0n) is 22.9. The molecule has 1 heterocycles. The number of benzene rings is 3. The van der Waals surface area contributed by atoms with Gasteiger partial charge in [-0.1, -0.05) is 134 Å². The minimum Gasteiger partial charge on any atom is -0.254 e. The Labute approximate surface area is 225 Å². The fourth-order valence-corrected chi connectivity index (χ4v) is 10.6. The number of nitrogens with zero attached hydrogens (tertiary/aromatic N) is 2. The van der Waals surface area contributed by atoms with Crippen molar-refractivity contribution in [2.45, 2.75) is 58.0 Å². The average molecular weight is 525 g/mol. The van der Waals surface area contributed by atoms with E-state index in [-0.39, 0.29) is 18.2 Å². The van der Waals surface area contributed by atoms with Crippen molar-refractivity contribution in [2.24, 2.45) is 4.99 Å². The molecule has 4 heteroatoms. The van der Waals surface area contributed by atoms with Crippen LogP contribution in [0.4, 0.5) is 5.69 Å². The van der Waals surface area contributed by atoms with Crippen LogP contribution in [0.2, 0.25) is 0 Å². The molecule has 0 N–H and O–H groups in total. The molecule has 0 bridgehead atoms. The zero-order valence-corrected chi connectivity index (χ0v) is 24.7. The lowest BCUT2D eigenvalue weighted by Crippen LogP contribution is -2.26. The molecule has 190 valence electrons. The Hall–Kier alpha value is -2.66. The summed E-state index contributed by atoms with van der Waals surface area (Å²) in [7, 11) is -0.977. The number of aromatic nitrogens is 1. The van der Waals surface area contributed by atoms with Crippen LogP contribution >= 0.6 is 15.8 Å². The molecule has 0 radical (unpaired) electrons. The molecule has 0 spiro atoms.